The Hall–Kier alpha value is -1.22. The van der Waals surface area contributed by atoms with E-state index < -0.39 is 0 Å². The van der Waals surface area contributed by atoms with Crippen molar-refractivity contribution in [3.8, 4) is 11.5 Å². The van der Waals surface area contributed by atoms with Gasteiger partial charge in [0.1, 0.15) is 11.5 Å². The van der Waals surface area contributed by atoms with Gasteiger partial charge in [0.15, 0.2) is 0 Å². The summed E-state index contributed by atoms with van der Waals surface area (Å²) >= 11 is 0. The number of nitrogens with one attached hydrogen (secondary N) is 1. The number of hydrogen-bond acceptors (Lipinski definition) is 3. The molecule has 96 valence electrons. The third-order valence-corrected chi connectivity index (χ3v) is 2.44. The highest BCUT2D eigenvalue weighted by molar-refractivity contribution is 5.40. The fourth-order valence-electron chi connectivity index (χ4n) is 1.59. The predicted octanol–water partition coefficient (Wildman–Crippen LogP) is 2.84. The van der Waals surface area contributed by atoms with Gasteiger partial charge in [0, 0.05) is 18.2 Å². The van der Waals surface area contributed by atoms with Crippen LogP contribution in [0.4, 0.5) is 0 Å². The summed E-state index contributed by atoms with van der Waals surface area (Å²) in [6.07, 6.45) is 0. The van der Waals surface area contributed by atoms with Gasteiger partial charge in [-0.1, -0.05) is 19.9 Å². The first kappa shape index (κ1) is 13.8. The van der Waals surface area contributed by atoms with E-state index in [1.165, 1.54) is 5.56 Å². The molecule has 1 aromatic carbocycles. The summed E-state index contributed by atoms with van der Waals surface area (Å²) in [5, 5.41) is 3.42. The maximum Gasteiger partial charge on any atom is 0.127 e. The molecule has 0 radical (unpaired) electrons. The molecule has 1 aromatic rings. The average Bonchev–Trinajstić information content (AvgIpc) is 2.31. The second-order valence-corrected chi connectivity index (χ2v) is 4.43. The Morgan fingerprint density at radius 2 is 2.06 bits per heavy atom. The van der Waals surface area contributed by atoms with E-state index in [2.05, 4.69) is 25.2 Å². The van der Waals surface area contributed by atoms with Crippen molar-refractivity contribution in [2.24, 2.45) is 5.92 Å². The lowest BCUT2D eigenvalue weighted by molar-refractivity contribution is 0.331. The fourth-order valence-corrected chi connectivity index (χ4v) is 1.59. The molecular formula is C14H23NO2. The van der Waals surface area contributed by atoms with Crippen LogP contribution in [0, 0.1) is 5.92 Å². The van der Waals surface area contributed by atoms with Crippen molar-refractivity contribution in [1.29, 1.82) is 0 Å². The zero-order chi connectivity index (χ0) is 12.7. The lowest BCUT2D eigenvalue weighted by Gasteiger charge is -2.13. The van der Waals surface area contributed by atoms with Crippen LogP contribution in [0.15, 0.2) is 18.2 Å². The van der Waals surface area contributed by atoms with E-state index in [4.69, 9.17) is 9.47 Å². The van der Waals surface area contributed by atoms with Crippen LogP contribution < -0.4 is 14.8 Å². The zero-order valence-electron chi connectivity index (χ0n) is 11.2. The summed E-state index contributed by atoms with van der Waals surface area (Å²) in [6.45, 7) is 8.90. The van der Waals surface area contributed by atoms with Crippen molar-refractivity contribution in [3.05, 3.63) is 23.8 Å². The Kier molecular flexibility index (Phi) is 5.84. The second kappa shape index (κ2) is 7.17. The first-order valence-corrected chi connectivity index (χ1v) is 6.17. The molecule has 0 amide bonds. The van der Waals surface area contributed by atoms with Gasteiger partial charge in [-0.3, -0.25) is 0 Å². The lowest BCUT2D eigenvalue weighted by Crippen LogP contribution is -2.19. The summed E-state index contributed by atoms with van der Waals surface area (Å²) < 4.78 is 10.8. The zero-order valence-corrected chi connectivity index (χ0v) is 11.2. The number of rotatable bonds is 7. The first-order valence-electron chi connectivity index (χ1n) is 6.17. The maximum absolute atomic E-state index is 5.62. The largest absolute Gasteiger partial charge is 0.497 e. The van der Waals surface area contributed by atoms with E-state index >= 15 is 0 Å². The van der Waals surface area contributed by atoms with Crippen LogP contribution >= 0.6 is 0 Å². The minimum Gasteiger partial charge on any atom is -0.497 e. The van der Waals surface area contributed by atoms with Crippen molar-refractivity contribution in [2.45, 2.75) is 27.3 Å². The molecule has 0 fully saturated rings. The number of hydrogen-bond donors (Lipinski definition) is 1. The van der Waals surface area contributed by atoms with Crippen molar-refractivity contribution < 1.29 is 9.47 Å². The number of methoxy groups -OCH3 is 1. The molecule has 0 aliphatic heterocycles. The highest BCUT2D eigenvalue weighted by Crippen LogP contribution is 2.24. The SMILES string of the molecule is CCOc1cc(OC)ccc1CNCC(C)C. The minimum atomic E-state index is 0.656. The van der Waals surface area contributed by atoms with E-state index in [0.29, 0.717) is 12.5 Å². The van der Waals surface area contributed by atoms with Gasteiger partial charge >= 0.3 is 0 Å². The van der Waals surface area contributed by atoms with Crippen molar-refractivity contribution in [2.75, 3.05) is 20.3 Å². The third-order valence-electron chi connectivity index (χ3n) is 2.44. The Labute approximate surface area is 104 Å². The highest BCUT2D eigenvalue weighted by Gasteiger charge is 2.05. The molecule has 0 spiro atoms. The summed E-state index contributed by atoms with van der Waals surface area (Å²) in [7, 11) is 1.67. The van der Waals surface area contributed by atoms with E-state index in [0.717, 1.165) is 24.6 Å². The molecule has 1 N–H and O–H groups in total. The summed E-state index contributed by atoms with van der Waals surface area (Å²) in [6, 6.07) is 5.96. The van der Waals surface area contributed by atoms with E-state index in [-0.39, 0.29) is 0 Å². The molecule has 17 heavy (non-hydrogen) atoms. The van der Waals surface area contributed by atoms with Gasteiger partial charge < -0.3 is 14.8 Å². The molecule has 0 atom stereocenters. The van der Waals surface area contributed by atoms with Crippen LogP contribution in [0.25, 0.3) is 0 Å². The molecule has 3 heteroatoms. The van der Waals surface area contributed by atoms with Crippen LogP contribution in [0.3, 0.4) is 0 Å². The molecular weight excluding hydrogens is 214 g/mol. The van der Waals surface area contributed by atoms with Crippen LogP contribution in [0.1, 0.15) is 26.3 Å². The molecule has 0 aromatic heterocycles. The Balaban J connectivity index is 2.68. The number of ether oxygens (including phenoxy) is 2. The van der Waals surface area contributed by atoms with Gasteiger partial charge in [-0.05, 0) is 25.5 Å². The Morgan fingerprint density at radius 3 is 2.65 bits per heavy atom. The van der Waals surface area contributed by atoms with E-state index in [1.807, 2.05) is 19.1 Å². The Morgan fingerprint density at radius 1 is 1.29 bits per heavy atom. The predicted molar refractivity (Wildman–Crippen MR) is 70.7 cm³/mol. The quantitative estimate of drug-likeness (QED) is 0.791. The minimum absolute atomic E-state index is 0.656. The highest BCUT2D eigenvalue weighted by atomic mass is 16.5. The van der Waals surface area contributed by atoms with Crippen LogP contribution in [0.5, 0.6) is 11.5 Å². The van der Waals surface area contributed by atoms with Crippen molar-refractivity contribution in [3.63, 3.8) is 0 Å². The molecule has 3 nitrogen and oxygen atoms in total. The van der Waals surface area contributed by atoms with Gasteiger partial charge in [0.25, 0.3) is 0 Å². The molecule has 0 heterocycles. The van der Waals surface area contributed by atoms with Crippen LogP contribution in [0.2, 0.25) is 0 Å². The summed E-state index contributed by atoms with van der Waals surface area (Å²) in [5.41, 5.74) is 1.17. The molecule has 0 aliphatic carbocycles. The van der Waals surface area contributed by atoms with E-state index in [1.54, 1.807) is 7.11 Å². The van der Waals surface area contributed by atoms with Gasteiger partial charge in [-0.2, -0.15) is 0 Å². The fraction of sp³-hybridized carbons (Fsp3) is 0.571. The lowest BCUT2D eigenvalue weighted by atomic mass is 10.1. The average molecular weight is 237 g/mol. The first-order chi connectivity index (χ1) is 8.17. The summed E-state index contributed by atoms with van der Waals surface area (Å²) in [5.74, 6) is 2.40. The summed E-state index contributed by atoms with van der Waals surface area (Å²) in [4.78, 5) is 0. The second-order valence-electron chi connectivity index (χ2n) is 4.43. The van der Waals surface area contributed by atoms with Crippen LogP contribution in [-0.4, -0.2) is 20.3 Å². The topological polar surface area (TPSA) is 30.5 Å². The molecule has 0 bridgehead atoms. The Bertz CT molecular complexity index is 337. The standard InChI is InChI=1S/C14H23NO2/c1-5-17-14-8-13(16-4)7-6-12(14)10-15-9-11(2)3/h6-8,11,15H,5,9-10H2,1-4H3. The smallest absolute Gasteiger partial charge is 0.127 e. The number of benzene rings is 1. The van der Waals surface area contributed by atoms with Gasteiger partial charge in [0.2, 0.25) is 0 Å². The molecule has 0 unspecified atom stereocenters. The van der Waals surface area contributed by atoms with Crippen molar-refractivity contribution >= 4 is 0 Å². The third kappa shape index (κ3) is 4.65. The molecule has 0 aliphatic rings. The normalized spacial score (nSPS) is 10.6. The van der Waals surface area contributed by atoms with Crippen molar-refractivity contribution in [1.82, 2.24) is 5.32 Å². The van der Waals surface area contributed by atoms with E-state index in [9.17, 15) is 0 Å². The molecule has 0 saturated heterocycles. The van der Waals surface area contributed by atoms with Gasteiger partial charge in [-0.15, -0.1) is 0 Å². The monoisotopic (exact) mass is 237 g/mol. The molecule has 0 saturated carbocycles. The van der Waals surface area contributed by atoms with Gasteiger partial charge in [-0.25, -0.2) is 0 Å². The maximum atomic E-state index is 5.62. The molecule has 1 rings (SSSR count). The van der Waals surface area contributed by atoms with Crippen LogP contribution in [-0.2, 0) is 6.54 Å². The van der Waals surface area contributed by atoms with Gasteiger partial charge in [0.05, 0.1) is 13.7 Å².